The molecule has 11 atom stereocenters. The standard InChI is InChI=1S/C29H42O6/c1-16-8-11-29(32-15-16)18(3)26-17(2)28(14-24(26)34-29)22-7-6-20-12-21(33-19(4)30)9-10-27(20,5)23(22)13-25(31)35-28/h16,18,20-24,26H,2,6-15H2,1,3-5H3/t16-,18+,20+,21+,22-,23+,24+,26+,27+,28+,29-/m1/s1. The number of carbonyl (C=O) groups is 2. The maximum absolute atomic E-state index is 13.2. The van der Waals surface area contributed by atoms with Crippen LogP contribution >= 0.6 is 0 Å². The summed E-state index contributed by atoms with van der Waals surface area (Å²) in [4.78, 5) is 24.8. The second-order valence-electron chi connectivity index (χ2n) is 13.0. The molecule has 0 unspecified atom stereocenters. The third-order valence-electron chi connectivity index (χ3n) is 11.3. The molecule has 3 saturated carbocycles. The van der Waals surface area contributed by atoms with Crippen LogP contribution in [0.15, 0.2) is 12.2 Å². The molecular weight excluding hydrogens is 444 g/mol. The largest absolute Gasteiger partial charge is 0.463 e. The highest BCUT2D eigenvalue weighted by molar-refractivity contribution is 5.72. The Morgan fingerprint density at radius 2 is 1.91 bits per heavy atom. The number of rotatable bonds is 1. The summed E-state index contributed by atoms with van der Waals surface area (Å²) in [5.74, 6) is 1.18. The van der Waals surface area contributed by atoms with Crippen molar-refractivity contribution in [2.24, 2.45) is 40.9 Å². The average molecular weight is 487 g/mol. The molecule has 6 aliphatic rings. The molecule has 0 aromatic heterocycles. The molecular formula is C29H42O6. The van der Waals surface area contributed by atoms with Crippen LogP contribution in [0.25, 0.3) is 0 Å². The molecule has 0 amide bonds. The number of fused-ring (bicyclic) bond motifs is 5. The molecule has 2 spiro atoms. The lowest BCUT2D eigenvalue weighted by atomic mass is 9.48. The average Bonchev–Trinajstić information content (AvgIpc) is 3.21. The Bertz CT molecular complexity index is 920. The third-order valence-corrected chi connectivity index (χ3v) is 11.3. The van der Waals surface area contributed by atoms with Gasteiger partial charge < -0.3 is 18.9 Å². The Balaban J connectivity index is 1.26. The molecule has 6 fully saturated rings. The molecule has 3 aliphatic heterocycles. The SMILES string of the molecule is C=C1[C@@H]2[C@H](C[C@]13OC(=O)C[C@H]1[C@H]3CC[C@H]3C[C@@H](OC(C)=O)CC[C@@]31C)O[C@]1(CC[C@@H](C)CO1)[C@H]2C. The molecule has 0 N–H and O–H groups in total. The predicted molar refractivity (Wildman–Crippen MR) is 129 cm³/mol. The maximum Gasteiger partial charge on any atom is 0.306 e. The van der Waals surface area contributed by atoms with Gasteiger partial charge in [0.2, 0.25) is 0 Å². The van der Waals surface area contributed by atoms with Crippen molar-refractivity contribution >= 4 is 11.9 Å². The van der Waals surface area contributed by atoms with Crippen LogP contribution in [-0.4, -0.2) is 42.1 Å². The lowest BCUT2D eigenvalue weighted by Gasteiger charge is -2.60. The molecule has 3 saturated heterocycles. The summed E-state index contributed by atoms with van der Waals surface area (Å²) < 4.78 is 25.1. The zero-order valence-electron chi connectivity index (χ0n) is 21.8. The van der Waals surface area contributed by atoms with Crippen molar-refractivity contribution in [2.45, 2.75) is 109 Å². The van der Waals surface area contributed by atoms with Gasteiger partial charge in [0.25, 0.3) is 0 Å². The van der Waals surface area contributed by atoms with E-state index in [0.717, 1.165) is 57.1 Å². The van der Waals surface area contributed by atoms with Crippen molar-refractivity contribution in [2.75, 3.05) is 6.61 Å². The number of hydrogen-bond acceptors (Lipinski definition) is 6. The molecule has 0 aromatic carbocycles. The number of esters is 2. The van der Waals surface area contributed by atoms with E-state index in [-0.39, 0.29) is 53.2 Å². The highest BCUT2D eigenvalue weighted by Crippen LogP contribution is 2.67. The van der Waals surface area contributed by atoms with Crippen LogP contribution in [-0.2, 0) is 28.5 Å². The molecule has 0 radical (unpaired) electrons. The van der Waals surface area contributed by atoms with Gasteiger partial charge in [-0.1, -0.05) is 27.4 Å². The van der Waals surface area contributed by atoms with E-state index in [4.69, 9.17) is 18.9 Å². The fourth-order valence-electron chi connectivity index (χ4n) is 9.41. The van der Waals surface area contributed by atoms with Crippen molar-refractivity contribution in [3.8, 4) is 0 Å². The van der Waals surface area contributed by atoms with E-state index in [0.29, 0.717) is 24.7 Å². The van der Waals surface area contributed by atoms with Crippen molar-refractivity contribution in [1.29, 1.82) is 0 Å². The molecule has 6 heteroatoms. The van der Waals surface area contributed by atoms with Crippen LogP contribution in [0.2, 0.25) is 0 Å². The van der Waals surface area contributed by atoms with E-state index < -0.39 is 11.4 Å². The van der Waals surface area contributed by atoms with Gasteiger partial charge in [0, 0.05) is 43.9 Å². The van der Waals surface area contributed by atoms with Crippen LogP contribution in [0.4, 0.5) is 0 Å². The Kier molecular flexibility index (Phi) is 5.51. The molecule has 3 aliphatic carbocycles. The summed E-state index contributed by atoms with van der Waals surface area (Å²) in [6.45, 7) is 13.8. The normalized spacial score (nSPS) is 53.1. The summed E-state index contributed by atoms with van der Waals surface area (Å²) in [6, 6.07) is 0. The van der Waals surface area contributed by atoms with Gasteiger partial charge in [0.05, 0.1) is 12.7 Å². The quantitative estimate of drug-likeness (QED) is 0.375. The summed E-state index contributed by atoms with van der Waals surface area (Å²) in [5, 5.41) is 0. The topological polar surface area (TPSA) is 71.1 Å². The van der Waals surface area contributed by atoms with Gasteiger partial charge in [-0.15, -0.1) is 0 Å². The summed E-state index contributed by atoms with van der Waals surface area (Å²) in [5.41, 5.74) is 0.515. The first kappa shape index (κ1) is 24.0. The molecule has 0 aromatic rings. The van der Waals surface area contributed by atoms with Gasteiger partial charge in [-0.25, -0.2) is 0 Å². The Hall–Kier alpha value is -1.40. The van der Waals surface area contributed by atoms with Crippen molar-refractivity contribution in [3.63, 3.8) is 0 Å². The van der Waals surface area contributed by atoms with Gasteiger partial charge in [0.1, 0.15) is 11.7 Å². The van der Waals surface area contributed by atoms with Gasteiger partial charge in [-0.2, -0.15) is 0 Å². The van der Waals surface area contributed by atoms with Crippen LogP contribution in [0, 0.1) is 40.9 Å². The minimum absolute atomic E-state index is 0.00249. The highest BCUT2D eigenvalue weighted by Gasteiger charge is 2.69. The first-order valence-corrected chi connectivity index (χ1v) is 14.0. The zero-order chi connectivity index (χ0) is 24.8. The fourth-order valence-corrected chi connectivity index (χ4v) is 9.41. The van der Waals surface area contributed by atoms with Crippen molar-refractivity contribution in [1.82, 2.24) is 0 Å². The van der Waals surface area contributed by atoms with E-state index in [1.54, 1.807) is 0 Å². The minimum Gasteiger partial charge on any atom is -0.463 e. The molecule has 6 rings (SSSR count). The highest BCUT2D eigenvalue weighted by atomic mass is 16.7. The smallest absolute Gasteiger partial charge is 0.306 e. The van der Waals surface area contributed by atoms with Crippen molar-refractivity contribution < 1.29 is 28.5 Å². The first-order chi connectivity index (χ1) is 16.6. The molecule has 0 bridgehead atoms. The summed E-state index contributed by atoms with van der Waals surface area (Å²) >= 11 is 0. The van der Waals surface area contributed by atoms with Crippen LogP contribution in [0.5, 0.6) is 0 Å². The second-order valence-corrected chi connectivity index (χ2v) is 13.0. The Labute approximate surface area is 209 Å². The zero-order valence-corrected chi connectivity index (χ0v) is 21.8. The number of ether oxygens (including phenoxy) is 4. The lowest BCUT2D eigenvalue weighted by molar-refractivity contribution is -0.275. The number of carbonyl (C=O) groups excluding carboxylic acids is 2. The van der Waals surface area contributed by atoms with Gasteiger partial charge in [-0.3, -0.25) is 9.59 Å². The van der Waals surface area contributed by atoms with Gasteiger partial charge in [-0.05, 0) is 67.3 Å². The van der Waals surface area contributed by atoms with E-state index in [2.05, 4.69) is 27.4 Å². The fraction of sp³-hybridized carbons (Fsp3) is 0.862. The van der Waals surface area contributed by atoms with E-state index >= 15 is 0 Å². The number of hydrogen-bond donors (Lipinski definition) is 0. The maximum atomic E-state index is 13.2. The predicted octanol–water partition coefficient (Wildman–Crippen LogP) is 5.19. The Morgan fingerprint density at radius 1 is 1.11 bits per heavy atom. The van der Waals surface area contributed by atoms with Crippen molar-refractivity contribution in [3.05, 3.63) is 12.2 Å². The lowest BCUT2D eigenvalue weighted by Crippen LogP contribution is -2.60. The second kappa shape index (κ2) is 8.05. The summed E-state index contributed by atoms with van der Waals surface area (Å²) in [6.07, 6.45) is 8.14. The molecule has 6 nitrogen and oxygen atoms in total. The van der Waals surface area contributed by atoms with E-state index in [9.17, 15) is 9.59 Å². The van der Waals surface area contributed by atoms with Gasteiger partial charge >= 0.3 is 11.9 Å². The van der Waals surface area contributed by atoms with Gasteiger partial charge in [0.15, 0.2) is 5.79 Å². The van der Waals surface area contributed by atoms with E-state index in [1.165, 1.54) is 6.92 Å². The molecule has 194 valence electrons. The Morgan fingerprint density at radius 3 is 2.60 bits per heavy atom. The molecule has 35 heavy (non-hydrogen) atoms. The van der Waals surface area contributed by atoms with Crippen LogP contribution in [0.1, 0.15) is 85.5 Å². The minimum atomic E-state index is -0.617. The third kappa shape index (κ3) is 3.41. The van der Waals surface area contributed by atoms with Crippen LogP contribution < -0.4 is 0 Å². The monoisotopic (exact) mass is 486 g/mol. The molecule has 3 heterocycles. The van der Waals surface area contributed by atoms with Crippen LogP contribution in [0.3, 0.4) is 0 Å². The first-order valence-electron chi connectivity index (χ1n) is 14.0. The van der Waals surface area contributed by atoms with E-state index in [1.807, 2.05) is 0 Å². The summed E-state index contributed by atoms with van der Waals surface area (Å²) in [7, 11) is 0.